The van der Waals surface area contributed by atoms with Crippen molar-refractivity contribution in [3.05, 3.63) is 24.6 Å². The maximum atomic E-state index is 5.91. The molecule has 1 aliphatic rings. The Morgan fingerprint density at radius 3 is 3.22 bits per heavy atom. The normalized spacial score (nSPS) is 22.3. The molecule has 2 N–H and O–H groups in total. The molecule has 1 aliphatic heterocycles. The molecule has 0 aromatic carbocycles. The van der Waals surface area contributed by atoms with Crippen LogP contribution in [-0.2, 0) is 4.74 Å². The first-order chi connectivity index (χ1) is 8.75. The number of rotatable bonds is 2. The highest BCUT2D eigenvalue weighted by Crippen LogP contribution is 2.26. The van der Waals surface area contributed by atoms with Gasteiger partial charge in [0.05, 0.1) is 24.4 Å². The molecular weight excluding hydrogens is 230 g/mol. The van der Waals surface area contributed by atoms with Crippen molar-refractivity contribution >= 4 is 16.8 Å². The van der Waals surface area contributed by atoms with Crippen molar-refractivity contribution in [1.82, 2.24) is 4.98 Å². The van der Waals surface area contributed by atoms with Crippen LogP contribution in [0, 0.1) is 0 Å². The maximum Gasteiger partial charge on any atom is 0.139 e. The Balaban J connectivity index is 1.92. The smallest absolute Gasteiger partial charge is 0.139 e. The van der Waals surface area contributed by atoms with Gasteiger partial charge in [-0.25, -0.2) is 4.98 Å². The van der Waals surface area contributed by atoms with Crippen LogP contribution in [0.15, 0.2) is 29.0 Å². The third kappa shape index (κ3) is 1.95. The number of fused-ring (bicyclic) bond motifs is 1. The summed E-state index contributed by atoms with van der Waals surface area (Å²) < 4.78 is 11.1. The molecule has 0 spiro atoms. The van der Waals surface area contributed by atoms with Gasteiger partial charge in [-0.3, -0.25) is 0 Å². The van der Waals surface area contributed by atoms with E-state index in [0.29, 0.717) is 6.61 Å². The van der Waals surface area contributed by atoms with Crippen molar-refractivity contribution in [3.8, 4) is 0 Å². The summed E-state index contributed by atoms with van der Waals surface area (Å²) in [6, 6.07) is 3.85. The highest BCUT2D eigenvalue weighted by Gasteiger charge is 2.25. The minimum absolute atomic E-state index is 0.0244. The van der Waals surface area contributed by atoms with Gasteiger partial charge >= 0.3 is 0 Å². The van der Waals surface area contributed by atoms with Crippen LogP contribution in [-0.4, -0.2) is 36.8 Å². The first-order valence-electron chi connectivity index (χ1n) is 6.20. The third-order valence-corrected chi connectivity index (χ3v) is 3.34. The molecule has 3 heterocycles. The number of anilines is 1. The van der Waals surface area contributed by atoms with Gasteiger partial charge in [0, 0.05) is 25.3 Å². The standard InChI is InChI=1S/C13H17N3O2/c1-9(14)12-8-16(5-7-18-12)13-10-3-6-17-11(10)2-4-15-13/h2-4,6,9,12H,5,7-8,14H2,1H3. The summed E-state index contributed by atoms with van der Waals surface area (Å²) in [6.45, 7) is 4.26. The number of nitrogens with zero attached hydrogens (tertiary/aromatic N) is 2. The van der Waals surface area contributed by atoms with Gasteiger partial charge in [-0.15, -0.1) is 0 Å². The molecule has 0 radical (unpaired) electrons. The highest BCUT2D eigenvalue weighted by molar-refractivity contribution is 5.88. The number of ether oxygens (including phenoxy) is 1. The number of nitrogens with two attached hydrogens (primary N) is 1. The average Bonchev–Trinajstić information content (AvgIpc) is 2.87. The minimum atomic E-state index is 0.0244. The van der Waals surface area contributed by atoms with Gasteiger partial charge in [0.15, 0.2) is 0 Å². The minimum Gasteiger partial charge on any atom is -0.464 e. The van der Waals surface area contributed by atoms with Gasteiger partial charge in [0.1, 0.15) is 11.4 Å². The number of hydrogen-bond donors (Lipinski definition) is 1. The zero-order valence-corrected chi connectivity index (χ0v) is 10.4. The predicted octanol–water partition coefficient (Wildman–Crippen LogP) is 1.38. The third-order valence-electron chi connectivity index (χ3n) is 3.34. The van der Waals surface area contributed by atoms with Gasteiger partial charge in [0.2, 0.25) is 0 Å². The summed E-state index contributed by atoms with van der Waals surface area (Å²) in [7, 11) is 0. The van der Waals surface area contributed by atoms with Gasteiger partial charge in [0.25, 0.3) is 0 Å². The van der Waals surface area contributed by atoms with Crippen LogP contribution >= 0.6 is 0 Å². The SMILES string of the molecule is CC(N)C1CN(c2nccc3occc23)CCO1. The fraction of sp³-hybridized carbons (Fsp3) is 0.462. The molecule has 1 fully saturated rings. The van der Waals surface area contributed by atoms with E-state index in [0.717, 1.165) is 29.9 Å². The molecule has 0 aliphatic carbocycles. The highest BCUT2D eigenvalue weighted by atomic mass is 16.5. The summed E-state index contributed by atoms with van der Waals surface area (Å²) in [5.74, 6) is 0.954. The van der Waals surface area contributed by atoms with Gasteiger partial charge in [-0.1, -0.05) is 0 Å². The Kier molecular flexibility index (Phi) is 2.93. The molecule has 3 rings (SSSR count). The van der Waals surface area contributed by atoms with Crippen molar-refractivity contribution in [2.45, 2.75) is 19.1 Å². The van der Waals surface area contributed by atoms with Crippen molar-refractivity contribution in [2.24, 2.45) is 5.73 Å². The van der Waals surface area contributed by atoms with E-state index in [9.17, 15) is 0 Å². The monoisotopic (exact) mass is 247 g/mol. The van der Waals surface area contributed by atoms with E-state index >= 15 is 0 Å². The lowest BCUT2D eigenvalue weighted by molar-refractivity contribution is 0.0274. The Morgan fingerprint density at radius 1 is 1.50 bits per heavy atom. The Labute approximate surface area is 106 Å². The van der Waals surface area contributed by atoms with Gasteiger partial charge < -0.3 is 19.8 Å². The first-order valence-corrected chi connectivity index (χ1v) is 6.20. The van der Waals surface area contributed by atoms with Crippen molar-refractivity contribution in [2.75, 3.05) is 24.6 Å². The van der Waals surface area contributed by atoms with E-state index < -0.39 is 0 Å². The van der Waals surface area contributed by atoms with Crippen molar-refractivity contribution < 1.29 is 9.15 Å². The number of pyridine rings is 1. The van der Waals surface area contributed by atoms with E-state index in [1.807, 2.05) is 19.1 Å². The van der Waals surface area contributed by atoms with Gasteiger partial charge in [-0.05, 0) is 19.1 Å². The summed E-state index contributed by atoms with van der Waals surface area (Å²) in [4.78, 5) is 6.68. The lowest BCUT2D eigenvalue weighted by Crippen LogP contribution is -2.49. The second-order valence-corrected chi connectivity index (χ2v) is 4.68. The molecular formula is C13H17N3O2. The zero-order valence-electron chi connectivity index (χ0n) is 10.4. The van der Waals surface area contributed by atoms with Crippen LogP contribution in [0.3, 0.4) is 0 Å². The Morgan fingerprint density at radius 2 is 2.39 bits per heavy atom. The molecule has 1 saturated heterocycles. The molecule has 5 heteroatoms. The lowest BCUT2D eigenvalue weighted by Gasteiger charge is -2.35. The number of hydrogen-bond acceptors (Lipinski definition) is 5. The molecule has 2 atom stereocenters. The molecule has 0 bridgehead atoms. The van der Waals surface area contributed by atoms with E-state index in [-0.39, 0.29) is 12.1 Å². The number of furan rings is 1. The molecule has 18 heavy (non-hydrogen) atoms. The Bertz CT molecular complexity index is 538. The fourth-order valence-corrected chi connectivity index (χ4v) is 2.32. The molecule has 5 nitrogen and oxygen atoms in total. The molecule has 0 saturated carbocycles. The quantitative estimate of drug-likeness (QED) is 0.868. The zero-order chi connectivity index (χ0) is 12.5. The number of aromatic nitrogens is 1. The molecule has 2 unspecified atom stereocenters. The van der Waals surface area contributed by atoms with E-state index in [4.69, 9.17) is 14.9 Å². The van der Waals surface area contributed by atoms with Crippen LogP contribution in [0.1, 0.15) is 6.92 Å². The van der Waals surface area contributed by atoms with Crippen molar-refractivity contribution in [3.63, 3.8) is 0 Å². The van der Waals surface area contributed by atoms with E-state index in [1.165, 1.54) is 0 Å². The van der Waals surface area contributed by atoms with Crippen LogP contribution < -0.4 is 10.6 Å². The van der Waals surface area contributed by atoms with Crippen LogP contribution in [0.25, 0.3) is 11.0 Å². The largest absolute Gasteiger partial charge is 0.464 e. The molecule has 96 valence electrons. The first kappa shape index (κ1) is 11.5. The molecule has 2 aromatic rings. The van der Waals surface area contributed by atoms with E-state index in [1.54, 1.807) is 12.5 Å². The number of morpholine rings is 1. The van der Waals surface area contributed by atoms with E-state index in [2.05, 4.69) is 9.88 Å². The predicted molar refractivity (Wildman–Crippen MR) is 69.6 cm³/mol. The van der Waals surface area contributed by atoms with Gasteiger partial charge in [-0.2, -0.15) is 0 Å². The summed E-state index contributed by atoms with van der Waals surface area (Å²) in [5.41, 5.74) is 6.77. The topological polar surface area (TPSA) is 64.5 Å². The van der Waals surface area contributed by atoms with Crippen molar-refractivity contribution in [1.29, 1.82) is 0 Å². The fourth-order valence-electron chi connectivity index (χ4n) is 2.32. The molecule has 0 amide bonds. The van der Waals surface area contributed by atoms with Crippen LogP contribution in [0.2, 0.25) is 0 Å². The maximum absolute atomic E-state index is 5.91. The molecule has 2 aromatic heterocycles. The second-order valence-electron chi connectivity index (χ2n) is 4.68. The second kappa shape index (κ2) is 4.59. The van der Waals surface area contributed by atoms with Crippen LogP contribution in [0.4, 0.5) is 5.82 Å². The van der Waals surface area contributed by atoms with Crippen LogP contribution in [0.5, 0.6) is 0 Å². The lowest BCUT2D eigenvalue weighted by atomic mass is 10.1. The summed E-state index contributed by atoms with van der Waals surface area (Å²) in [5, 5.41) is 1.04. The summed E-state index contributed by atoms with van der Waals surface area (Å²) in [6.07, 6.45) is 3.53. The Hall–Kier alpha value is -1.59. The summed E-state index contributed by atoms with van der Waals surface area (Å²) >= 11 is 0. The average molecular weight is 247 g/mol.